The zero-order valence-corrected chi connectivity index (χ0v) is 48.2. The number of phosphoric ester groups is 1. The summed E-state index contributed by atoms with van der Waals surface area (Å²) < 4.78 is 23.7. The van der Waals surface area contributed by atoms with Gasteiger partial charge in [-0.1, -0.05) is 237 Å². The van der Waals surface area contributed by atoms with Gasteiger partial charge in [-0.2, -0.15) is 0 Å². The van der Waals surface area contributed by atoms with Gasteiger partial charge in [0.1, 0.15) is 13.2 Å². The Morgan fingerprint density at radius 1 is 0.479 bits per heavy atom. The highest BCUT2D eigenvalue weighted by molar-refractivity contribution is 7.47. The maximum Gasteiger partial charge on any atom is 0.472 e. The molecule has 0 aromatic heterocycles. The van der Waals surface area contributed by atoms with Gasteiger partial charge in [0, 0.05) is 6.42 Å². The van der Waals surface area contributed by atoms with Crippen molar-refractivity contribution < 1.29 is 32.9 Å². The molecule has 73 heavy (non-hydrogen) atoms. The van der Waals surface area contributed by atoms with Crippen molar-refractivity contribution in [3.05, 3.63) is 134 Å². The Morgan fingerprint density at radius 2 is 0.836 bits per heavy atom. The molecule has 8 nitrogen and oxygen atoms in total. The van der Waals surface area contributed by atoms with E-state index in [4.69, 9.17) is 9.05 Å². The summed E-state index contributed by atoms with van der Waals surface area (Å²) in [5.41, 5.74) is 0. The zero-order valence-electron chi connectivity index (χ0n) is 47.3. The number of allylic oxidation sites excluding steroid dienone is 21. The summed E-state index contributed by atoms with van der Waals surface area (Å²) in [5.74, 6) is -0.211. The van der Waals surface area contributed by atoms with E-state index < -0.39 is 20.0 Å². The second kappa shape index (κ2) is 53.5. The summed E-state index contributed by atoms with van der Waals surface area (Å²) in [6.45, 7) is 4.65. The Labute approximate surface area is 449 Å². The SMILES string of the molecule is CC/C=C\C/C=C\C/C=C\C/C=C\C/C=C\C/C=C\C/C=C\C/C=C\C/C=C\CCCCCCCC(=O)NC(COP(=O)(O)OCC[N+](C)(C)C)C(O)/C=C/CC/C=C/CCCCCCCCCCCCCC. The Morgan fingerprint density at radius 3 is 1.26 bits per heavy atom. The van der Waals surface area contributed by atoms with E-state index in [1.165, 1.54) is 77.0 Å². The Hall–Kier alpha value is -3.36. The van der Waals surface area contributed by atoms with Gasteiger partial charge in [0.05, 0.1) is 39.9 Å². The molecule has 3 N–H and O–H groups in total. The minimum Gasteiger partial charge on any atom is -0.387 e. The van der Waals surface area contributed by atoms with Crippen LogP contribution in [0.15, 0.2) is 134 Å². The van der Waals surface area contributed by atoms with Crippen molar-refractivity contribution in [2.75, 3.05) is 40.9 Å². The van der Waals surface area contributed by atoms with Gasteiger partial charge >= 0.3 is 7.82 Å². The van der Waals surface area contributed by atoms with Crippen LogP contribution < -0.4 is 5.32 Å². The van der Waals surface area contributed by atoms with Crippen molar-refractivity contribution in [1.82, 2.24) is 5.32 Å². The van der Waals surface area contributed by atoms with Crippen LogP contribution in [0.3, 0.4) is 0 Å². The van der Waals surface area contributed by atoms with E-state index in [1.54, 1.807) is 6.08 Å². The Kier molecular flexibility index (Phi) is 51.0. The molecule has 0 aliphatic heterocycles. The van der Waals surface area contributed by atoms with Crippen LogP contribution in [-0.2, 0) is 18.4 Å². The Bertz CT molecular complexity index is 1640. The maximum absolute atomic E-state index is 13.0. The molecule has 0 heterocycles. The van der Waals surface area contributed by atoms with Gasteiger partial charge in [0.25, 0.3) is 0 Å². The second-order valence-corrected chi connectivity index (χ2v) is 21.7. The fraction of sp³-hybridized carbons (Fsp3) is 0.641. The summed E-state index contributed by atoms with van der Waals surface area (Å²) >= 11 is 0. The van der Waals surface area contributed by atoms with Crippen molar-refractivity contribution in [3.8, 4) is 0 Å². The topological polar surface area (TPSA) is 105 Å². The van der Waals surface area contributed by atoms with Crippen LogP contribution in [0.1, 0.15) is 213 Å². The van der Waals surface area contributed by atoms with E-state index in [-0.39, 0.29) is 19.1 Å². The van der Waals surface area contributed by atoms with Crippen LogP contribution in [0, 0.1) is 0 Å². The molecule has 0 bridgehead atoms. The van der Waals surface area contributed by atoms with Crippen LogP contribution in [0.4, 0.5) is 0 Å². The summed E-state index contributed by atoms with van der Waals surface area (Å²) in [4.78, 5) is 23.3. The molecule has 416 valence electrons. The van der Waals surface area contributed by atoms with Crippen molar-refractivity contribution in [2.45, 2.75) is 225 Å². The standard InChI is InChI=1S/C64H109N2O6P/c1-6-8-10-12-14-16-18-20-22-24-26-27-28-29-30-31-32-33-34-35-36-37-38-39-40-42-44-46-48-50-52-54-56-58-64(68)65-62(61-72-73(69,70)71-60-59-66(3,4)5)63(67)57-55-53-51-49-47-45-43-41-25-23-21-19-17-15-13-11-9-7-2/h8,10,14,16,20,22,26-27,29-30,32-33,35-36,38-39,42,44,47,49,55,57,62-63,67H,6-7,9,11-13,15,17-19,21,23-25,28,31,34,37,40-41,43,45-46,48,50-54,56,58-61H2,1-5H3,(H-,65,68,69,70)/p+1/b10-8-,16-14-,22-20-,27-26-,30-29-,33-32-,36-35-,39-38-,44-42-,49-47+,57-55+. The molecule has 9 heteroatoms. The highest BCUT2D eigenvalue weighted by Gasteiger charge is 2.27. The number of carbonyl (C=O) groups excluding carboxylic acids is 1. The molecule has 3 atom stereocenters. The molecule has 0 aliphatic rings. The number of likely N-dealkylation sites (N-methyl/N-ethyl adjacent to an activating group) is 1. The summed E-state index contributed by atoms with van der Waals surface area (Å²) in [7, 11) is 1.52. The number of phosphoric acid groups is 1. The molecular formula is C64H110N2O6P+. The van der Waals surface area contributed by atoms with E-state index in [0.29, 0.717) is 17.4 Å². The molecule has 0 aromatic rings. The van der Waals surface area contributed by atoms with Crippen molar-refractivity contribution in [1.29, 1.82) is 0 Å². The zero-order chi connectivity index (χ0) is 53.5. The number of nitrogens with one attached hydrogen (secondary N) is 1. The number of aliphatic hydroxyl groups excluding tert-OH is 1. The van der Waals surface area contributed by atoms with Gasteiger partial charge in [-0.3, -0.25) is 13.8 Å². The monoisotopic (exact) mass is 1030 g/mol. The highest BCUT2D eigenvalue weighted by atomic mass is 31.2. The van der Waals surface area contributed by atoms with Gasteiger partial charge in [-0.05, 0) is 103 Å². The number of hydrogen-bond acceptors (Lipinski definition) is 5. The van der Waals surface area contributed by atoms with Crippen LogP contribution >= 0.6 is 7.82 Å². The van der Waals surface area contributed by atoms with E-state index >= 15 is 0 Å². The predicted octanol–water partition coefficient (Wildman–Crippen LogP) is 17.9. The largest absolute Gasteiger partial charge is 0.472 e. The molecule has 0 fully saturated rings. The first-order valence-corrected chi connectivity index (χ1v) is 30.6. The number of carbonyl (C=O) groups is 1. The maximum atomic E-state index is 13.0. The van der Waals surface area contributed by atoms with Crippen molar-refractivity contribution in [2.24, 2.45) is 0 Å². The average Bonchev–Trinajstić information content (AvgIpc) is 3.35. The van der Waals surface area contributed by atoms with E-state index in [2.05, 4.69) is 141 Å². The molecule has 0 aliphatic carbocycles. The van der Waals surface area contributed by atoms with Crippen LogP contribution in [0.5, 0.6) is 0 Å². The molecule has 0 spiro atoms. The summed E-state index contributed by atoms with van der Waals surface area (Å²) in [6.07, 6.45) is 81.2. The lowest BCUT2D eigenvalue weighted by Crippen LogP contribution is -2.45. The van der Waals surface area contributed by atoms with E-state index in [9.17, 15) is 19.4 Å². The van der Waals surface area contributed by atoms with Gasteiger partial charge in [0.2, 0.25) is 5.91 Å². The molecular weight excluding hydrogens is 924 g/mol. The van der Waals surface area contributed by atoms with Gasteiger partial charge < -0.3 is 19.8 Å². The second-order valence-electron chi connectivity index (χ2n) is 20.3. The van der Waals surface area contributed by atoms with Gasteiger partial charge in [-0.25, -0.2) is 4.57 Å². The van der Waals surface area contributed by atoms with E-state index in [1.807, 2.05) is 27.2 Å². The quantitative estimate of drug-likeness (QED) is 0.0243. The number of aliphatic hydroxyl groups is 1. The number of amides is 1. The minimum atomic E-state index is -4.37. The first kappa shape index (κ1) is 69.6. The highest BCUT2D eigenvalue weighted by Crippen LogP contribution is 2.43. The summed E-state index contributed by atoms with van der Waals surface area (Å²) in [6, 6.07) is -0.885. The average molecular weight is 1030 g/mol. The van der Waals surface area contributed by atoms with Crippen LogP contribution in [0.2, 0.25) is 0 Å². The fourth-order valence-electron chi connectivity index (χ4n) is 7.58. The summed E-state index contributed by atoms with van der Waals surface area (Å²) in [5, 5.41) is 13.9. The van der Waals surface area contributed by atoms with E-state index in [0.717, 1.165) is 116 Å². The Balaban J connectivity index is 4.32. The third kappa shape index (κ3) is 56.2. The van der Waals surface area contributed by atoms with Crippen LogP contribution in [0.25, 0.3) is 0 Å². The lowest BCUT2D eigenvalue weighted by molar-refractivity contribution is -0.870. The van der Waals surface area contributed by atoms with Crippen molar-refractivity contribution in [3.63, 3.8) is 0 Å². The predicted molar refractivity (Wildman–Crippen MR) is 318 cm³/mol. The molecule has 1 amide bonds. The third-order valence-corrected chi connectivity index (χ3v) is 13.1. The first-order chi connectivity index (χ1) is 35.5. The molecule has 0 saturated heterocycles. The van der Waals surface area contributed by atoms with Gasteiger partial charge in [0.15, 0.2) is 0 Å². The number of quaternary nitrogens is 1. The first-order valence-electron chi connectivity index (χ1n) is 29.1. The minimum absolute atomic E-state index is 0.0446. The number of rotatable bonds is 51. The van der Waals surface area contributed by atoms with Gasteiger partial charge in [-0.15, -0.1) is 0 Å². The van der Waals surface area contributed by atoms with Crippen LogP contribution in [-0.4, -0.2) is 73.4 Å². The lowest BCUT2D eigenvalue weighted by atomic mass is 10.0. The molecule has 0 aromatic carbocycles. The smallest absolute Gasteiger partial charge is 0.387 e. The number of nitrogens with zero attached hydrogens (tertiary/aromatic N) is 1. The lowest BCUT2D eigenvalue weighted by Gasteiger charge is -2.25. The van der Waals surface area contributed by atoms with Crippen molar-refractivity contribution >= 4 is 13.7 Å². The molecule has 0 saturated carbocycles. The normalized spacial score (nSPS) is 14.9. The molecule has 0 rings (SSSR count). The fourth-order valence-corrected chi connectivity index (χ4v) is 8.31. The number of hydrogen-bond donors (Lipinski definition) is 3. The third-order valence-electron chi connectivity index (χ3n) is 12.1. The molecule has 3 unspecified atom stereocenters. The molecule has 0 radical (unpaired) electrons. The number of unbranched alkanes of at least 4 members (excludes halogenated alkanes) is 18.